The Morgan fingerprint density at radius 3 is 2.46 bits per heavy atom. The Labute approximate surface area is 158 Å². The number of urea groups is 1. The van der Waals surface area contributed by atoms with Gasteiger partial charge in [-0.2, -0.15) is 0 Å². The van der Waals surface area contributed by atoms with Gasteiger partial charge in [-0.1, -0.05) is 54.1 Å². The van der Waals surface area contributed by atoms with E-state index in [0.29, 0.717) is 49.9 Å². The Morgan fingerprint density at radius 1 is 1.12 bits per heavy atom. The molecule has 0 unspecified atom stereocenters. The van der Waals surface area contributed by atoms with Crippen LogP contribution in [-0.4, -0.2) is 42.3 Å². The van der Waals surface area contributed by atoms with E-state index in [4.69, 9.17) is 16.3 Å². The minimum absolute atomic E-state index is 0.136. The quantitative estimate of drug-likeness (QED) is 0.788. The summed E-state index contributed by atoms with van der Waals surface area (Å²) in [5.41, 5.74) is 0.0544. The van der Waals surface area contributed by atoms with Crippen LogP contribution in [0.2, 0.25) is 5.02 Å². The molecule has 2 N–H and O–H groups in total. The van der Waals surface area contributed by atoms with Crippen LogP contribution in [0.3, 0.4) is 0 Å². The van der Waals surface area contributed by atoms with Gasteiger partial charge < -0.3 is 20.1 Å². The zero-order chi connectivity index (χ0) is 18.4. The van der Waals surface area contributed by atoms with Crippen molar-refractivity contribution in [3.05, 3.63) is 65.2 Å². The van der Waals surface area contributed by atoms with Crippen LogP contribution >= 0.6 is 11.6 Å². The number of halogens is 1. The third-order valence-corrected chi connectivity index (χ3v) is 4.97. The molecule has 0 aliphatic carbocycles. The molecule has 5 nitrogen and oxygen atoms in total. The number of ether oxygens (including phenoxy) is 1. The van der Waals surface area contributed by atoms with Crippen LogP contribution in [-0.2, 0) is 5.60 Å². The average molecular weight is 375 g/mol. The molecule has 0 saturated carbocycles. The molecular formula is C20H23ClN2O3. The normalized spacial score (nSPS) is 16.2. The number of benzene rings is 2. The highest BCUT2D eigenvalue weighted by Gasteiger charge is 2.35. The van der Waals surface area contributed by atoms with Gasteiger partial charge in [-0.3, -0.25) is 0 Å². The van der Waals surface area contributed by atoms with Crippen LogP contribution in [0.25, 0.3) is 0 Å². The molecule has 3 rings (SSSR count). The zero-order valence-electron chi connectivity index (χ0n) is 14.5. The Hall–Kier alpha value is -2.24. The van der Waals surface area contributed by atoms with Gasteiger partial charge in [0.05, 0.1) is 17.2 Å². The summed E-state index contributed by atoms with van der Waals surface area (Å²) in [6.45, 7) is 1.77. The second kappa shape index (κ2) is 8.43. The SMILES string of the molecule is O=C(NCCOc1ccccc1Cl)N1CCC(O)(c2ccccc2)CC1. The van der Waals surface area contributed by atoms with E-state index in [1.807, 2.05) is 42.5 Å². The van der Waals surface area contributed by atoms with Crippen molar-refractivity contribution in [3.63, 3.8) is 0 Å². The lowest BCUT2D eigenvalue weighted by Crippen LogP contribution is -2.49. The maximum atomic E-state index is 12.3. The smallest absolute Gasteiger partial charge is 0.317 e. The largest absolute Gasteiger partial charge is 0.490 e. The van der Waals surface area contributed by atoms with Gasteiger partial charge in [-0.15, -0.1) is 0 Å². The molecule has 0 atom stereocenters. The highest BCUT2D eigenvalue weighted by atomic mass is 35.5. The molecule has 2 aromatic rings. The molecular weight excluding hydrogens is 352 g/mol. The van der Waals surface area contributed by atoms with Crippen molar-refractivity contribution >= 4 is 17.6 Å². The lowest BCUT2D eigenvalue weighted by atomic mass is 9.84. The molecule has 1 aliphatic heterocycles. The summed E-state index contributed by atoms with van der Waals surface area (Å²) < 4.78 is 5.56. The minimum Gasteiger partial charge on any atom is -0.490 e. The predicted octanol–water partition coefficient (Wildman–Crippen LogP) is 3.41. The highest BCUT2D eigenvalue weighted by molar-refractivity contribution is 6.32. The van der Waals surface area contributed by atoms with Gasteiger partial charge in [-0.25, -0.2) is 4.79 Å². The maximum Gasteiger partial charge on any atom is 0.317 e. The van der Waals surface area contributed by atoms with Crippen molar-refractivity contribution in [1.82, 2.24) is 10.2 Å². The average Bonchev–Trinajstić information content (AvgIpc) is 2.67. The first-order valence-electron chi connectivity index (χ1n) is 8.76. The van der Waals surface area contributed by atoms with E-state index in [9.17, 15) is 9.90 Å². The van der Waals surface area contributed by atoms with Crippen LogP contribution in [0.4, 0.5) is 4.79 Å². The van der Waals surface area contributed by atoms with E-state index in [1.165, 1.54) is 0 Å². The number of rotatable bonds is 5. The second-order valence-electron chi connectivity index (χ2n) is 6.40. The van der Waals surface area contributed by atoms with Crippen LogP contribution in [0.15, 0.2) is 54.6 Å². The fourth-order valence-corrected chi connectivity index (χ4v) is 3.30. The summed E-state index contributed by atoms with van der Waals surface area (Å²) in [4.78, 5) is 14.0. The van der Waals surface area contributed by atoms with Gasteiger partial charge in [0.25, 0.3) is 0 Å². The highest BCUT2D eigenvalue weighted by Crippen LogP contribution is 2.32. The van der Waals surface area contributed by atoms with Crippen molar-refractivity contribution < 1.29 is 14.6 Å². The topological polar surface area (TPSA) is 61.8 Å². The van der Waals surface area contributed by atoms with Crippen molar-refractivity contribution in [2.45, 2.75) is 18.4 Å². The summed E-state index contributed by atoms with van der Waals surface area (Å²) in [5, 5.41) is 14.2. The summed E-state index contributed by atoms with van der Waals surface area (Å²) in [6.07, 6.45) is 1.06. The Morgan fingerprint density at radius 2 is 1.77 bits per heavy atom. The number of para-hydroxylation sites is 1. The zero-order valence-corrected chi connectivity index (χ0v) is 15.3. The molecule has 1 heterocycles. The Kier molecular flexibility index (Phi) is 6.01. The number of nitrogens with zero attached hydrogens (tertiary/aromatic N) is 1. The van der Waals surface area contributed by atoms with Crippen LogP contribution in [0, 0.1) is 0 Å². The summed E-state index contributed by atoms with van der Waals surface area (Å²) in [5.74, 6) is 0.606. The van der Waals surface area contributed by atoms with E-state index < -0.39 is 5.60 Å². The fraction of sp³-hybridized carbons (Fsp3) is 0.350. The number of aliphatic hydroxyl groups is 1. The first-order valence-corrected chi connectivity index (χ1v) is 9.14. The van der Waals surface area contributed by atoms with Crippen molar-refractivity contribution in [2.75, 3.05) is 26.2 Å². The second-order valence-corrected chi connectivity index (χ2v) is 6.80. The molecule has 1 fully saturated rings. The number of carbonyl (C=O) groups is 1. The van der Waals surface area contributed by atoms with Gasteiger partial charge >= 0.3 is 6.03 Å². The molecule has 1 aliphatic rings. The van der Waals surface area contributed by atoms with Gasteiger partial charge in [0.1, 0.15) is 12.4 Å². The first-order chi connectivity index (χ1) is 12.6. The maximum absolute atomic E-state index is 12.3. The molecule has 138 valence electrons. The molecule has 2 amide bonds. The van der Waals surface area contributed by atoms with Crippen molar-refractivity contribution in [3.8, 4) is 5.75 Å². The van der Waals surface area contributed by atoms with Crippen LogP contribution < -0.4 is 10.1 Å². The van der Waals surface area contributed by atoms with Crippen LogP contribution in [0.1, 0.15) is 18.4 Å². The summed E-state index contributed by atoms with van der Waals surface area (Å²) in [7, 11) is 0. The lowest BCUT2D eigenvalue weighted by molar-refractivity contribution is -0.0168. The molecule has 26 heavy (non-hydrogen) atoms. The number of likely N-dealkylation sites (tertiary alicyclic amines) is 1. The van der Waals surface area contributed by atoms with Gasteiger partial charge in [0, 0.05) is 13.1 Å². The fourth-order valence-electron chi connectivity index (χ4n) is 3.11. The minimum atomic E-state index is -0.856. The standard InChI is InChI=1S/C20H23ClN2O3/c21-17-8-4-5-9-18(17)26-15-12-22-19(24)23-13-10-20(25,11-14-23)16-6-2-1-3-7-16/h1-9,25H,10-15H2,(H,22,24). The molecule has 0 radical (unpaired) electrons. The van der Waals surface area contributed by atoms with Gasteiger partial charge in [0.2, 0.25) is 0 Å². The number of hydrogen-bond donors (Lipinski definition) is 2. The molecule has 6 heteroatoms. The molecule has 0 bridgehead atoms. The Bertz CT molecular complexity index is 731. The van der Waals surface area contributed by atoms with E-state index in [-0.39, 0.29) is 6.03 Å². The number of amides is 2. The van der Waals surface area contributed by atoms with Gasteiger partial charge in [-0.05, 0) is 30.5 Å². The molecule has 0 aromatic heterocycles. The summed E-state index contributed by atoms with van der Waals surface area (Å²) in [6, 6.07) is 16.7. The number of carbonyl (C=O) groups excluding carboxylic acids is 1. The molecule has 1 saturated heterocycles. The summed E-state index contributed by atoms with van der Waals surface area (Å²) >= 11 is 6.02. The molecule has 0 spiro atoms. The van der Waals surface area contributed by atoms with E-state index in [1.54, 1.807) is 17.0 Å². The predicted molar refractivity (Wildman–Crippen MR) is 101 cm³/mol. The van der Waals surface area contributed by atoms with E-state index in [2.05, 4.69) is 5.32 Å². The number of hydrogen-bond acceptors (Lipinski definition) is 3. The van der Waals surface area contributed by atoms with E-state index in [0.717, 1.165) is 5.56 Å². The lowest BCUT2D eigenvalue weighted by Gasteiger charge is -2.38. The number of piperidine rings is 1. The van der Waals surface area contributed by atoms with E-state index >= 15 is 0 Å². The monoisotopic (exact) mass is 374 g/mol. The number of nitrogens with one attached hydrogen (secondary N) is 1. The van der Waals surface area contributed by atoms with Crippen molar-refractivity contribution in [2.24, 2.45) is 0 Å². The van der Waals surface area contributed by atoms with Gasteiger partial charge in [0.15, 0.2) is 0 Å². The van der Waals surface area contributed by atoms with Crippen molar-refractivity contribution in [1.29, 1.82) is 0 Å². The van der Waals surface area contributed by atoms with Crippen LogP contribution in [0.5, 0.6) is 5.75 Å². The first kappa shape index (κ1) is 18.5. The molecule has 2 aromatic carbocycles. The third-order valence-electron chi connectivity index (χ3n) is 4.66. The third kappa shape index (κ3) is 4.48. The Balaban J connectivity index is 1.42.